The molecule has 184 valence electrons. The van der Waals surface area contributed by atoms with E-state index in [2.05, 4.69) is 6.92 Å². The van der Waals surface area contributed by atoms with E-state index in [0.29, 0.717) is 36.5 Å². The quantitative estimate of drug-likeness (QED) is 0.398. The maximum Gasteiger partial charge on any atom is 0.412 e. The fourth-order valence-corrected chi connectivity index (χ4v) is 6.86. The average molecular weight is 461 g/mol. The molecule has 0 amide bonds. The van der Waals surface area contributed by atoms with E-state index in [9.17, 15) is 17.6 Å². The highest BCUT2D eigenvalue weighted by atomic mass is 19.4. The maximum absolute atomic E-state index is 13.9. The van der Waals surface area contributed by atoms with Gasteiger partial charge >= 0.3 is 6.18 Å². The molecule has 0 unspecified atom stereocenters. The summed E-state index contributed by atoms with van der Waals surface area (Å²) < 4.78 is 63.5. The highest BCUT2D eigenvalue weighted by Gasteiger charge is 2.38. The smallest absolute Gasteiger partial charge is 0.352 e. The molecule has 32 heavy (non-hydrogen) atoms. The first-order valence-corrected chi connectivity index (χ1v) is 13.0. The van der Waals surface area contributed by atoms with Gasteiger partial charge in [-0.25, -0.2) is 4.39 Å². The van der Waals surface area contributed by atoms with E-state index in [4.69, 9.17) is 9.47 Å². The van der Waals surface area contributed by atoms with Crippen molar-refractivity contribution < 1.29 is 27.0 Å². The molecule has 1 aliphatic heterocycles. The summed E-state index contributed by atoms with van der Waals surface area (Å²) >= 11 is 0. The molecule has 0 radical (unpaired) electrons. The standard InChI is InChI=1S/C26H40F4O2/c1-17-2-4-20(5-3-17)23-15-31-25(32-16-23)22-12-8-19(9-13-22)18-6-10-21(11-7-18)24(27)14-26(28,29)30/h14,17-23,25H,2-13,15-16H2,1H3/b24-14-. The van der Waals surface area contributed by atoms with Crippen LogP contribution in [0.4, 0.5) is 17.6 Å². The van der Waals surface area contributed by atoms with Gasteiger partial charge in [-0.05, 0) is 87.9 Å². The molecule has 0 aromatic carbocycles. The van der Waals surface area contributed by atoms with E-state index in [1.165, 1.54) is 25.7 Å². The van der Waals surface area contributed by atoms with Gasteiger partial charge in [0, 0.05) is 17.8 Å². The highest BCUT2D eigenvalue weighted by molar-refractivity contribution is 5.03. The van der Waals surface area contributed by atoms with Gasteiger partial charge in [0.15, 0.2) is 6.29 Å². The Morgan fingerprint density at radius 3 is 1.62 bits per heavy atom. The van der Waals surface area contributed by atoms with Gasteiger partial charge < -0.3 is 9.47 Å². The van der Waals surface area contributed by atoms with Gasteiger partial charge in [-0.3, -0.25) is 0 Å². The second-order valence-corrected chi connectivity index (χ2v) is 11.2. The predicted octanol–water partition coefficient (Wildman–Crippen LogP) is 7.83. The molecular weight excluding hydrogens is 420 g/mol. The summed E-state index contributed by atoms with van der Waals surface area (Å²) in [5.41, 5.74) is 0. The van der Waals surface area contributed by atoms with Gasteiger partial charge in [0.2, 0.25) is 0 Å². The molecule has 1 saturated heterocycles. The van der Waals surface area contributed by atoms with Gasteiger partial charge in [0.1, 0.15) is 5.83 Å². The highest BCUT2D eigenvalue weighted by Crippen LogP contribution is 2.45. The van der Waals surface area contributed by atoms with Crippen molar-refractivity contribution >= 4 is 0 Å². The maximum atomic E-state index is 13.9. The molecule has 2 nitrogen and oxygen atoms in total. The molecule has 4 fully saturated rings. The van der Waals surface area contributed by atoms with Crippen molar-refractivity contribution in [3.05, 3.63) is 11.9 Å². The monoisotopic (exact) mass is 460 g/mol. The molecule has 4 rings (SSSR count). The number of allylic oxidation sites excluding steroid dienone is 2. The van der Waals surface area contributed by atoms with Crippen molar-refractivity contribution in [2.75, 3.05) is 13.2 Å². The number of alkyl halides is 3. The van der Waals surface area contributed by atoms with E-state index in [1.54, 1.807) is 0 Å². The van der Waals surface area contributed by atoms with Crippen LogP contribution in [0.1, 0.15) is 84.0 Å². The van der Waals surface area contributed by atoms with Crippen LogP contribution >= 0.6 is 0 Å². The zero-order valence-corrected chi connectivity index (χ0v) is 19.4. The van der Waals surface area contributed by atoms with Crippen molar-refractivity contribution in [2.45, 2.75) is 96.4 Å². The molecular formula is C26H40F4O2. The Morgan fingerprint density at radius 2 is 1.09 bits per heavy atom. The van der Waals surface area contributed by atoms with Crippen LogP contribution in [0.5, 0.6) is 0 Å². The molecule has 0 N–H and O–H groups in total. The molecule has 3 saturated carbocycles. The largest absolute Gasteiger partial charge is 0.412 e. The zero-order valence-electron chi connectivity index (χ0n) is 19.4. The SMILES string of the molecule is CC1CCC(C2COC(C3CCC(C4CCC(/C(F)=C/C(F)(F)F)CC4)CC3)OC2)CC1. The second kappa shape index (κ2) is 10.8. The topological polar surface area (TPSA) is 18.5 Å². The Labute approximate surface area is 190 Å². The third-order valence-electron chi connectivity index (χ3n) is 9.01. The van der Waals surface area contributed by atoms with Crippen LogP contribution in [-0.4, -0.2) is 25.7 Å². The molecule has 0 atom stereocenters. The lowest BCUT2D eigenvalue weighted by atomic mass is 9.69. The lowest BCUT2D eigenvalue weighted by Gasteiger charge is -2.42. The summed E-state index contributed by atoms with van der Waals surface area (Å²) in [6.07, 6.45) is 7.76. The van der Waals surface area contributed by atoms with Gasteiger partial charge in [0.25, 0.3) is 0 Å². The van der Waals surface area contributed by atoms with Gasteiger partial charge in [0.05, 0.1) is 19.3 Å². The lowest BCUT2D eigenvalue weighted by Crippen LogP contribution is -2.41. The van der Waals surface area contributed by atoms with E-state index in [0.717, 1.165) is 63.6 Å². The van der Waals surface area contributed by atoms with E-state index in [-0.39, 0.29) is 12.4 Å². The van der Waals surface area contributed by atoms with Crippen LogP contribution in [0.2, 0.25) is 0 Å². The van der Waals surface area contributed by atoms with E-state index in [1.807, 2.05) is 0 Å². The van der Waals surface area contributed by atoms with Crippen LogP contribution < -0.4 is 0 Å². The molecule has 0 aromatic heterocycles. The minimum Gasteiger partial charge on any atom is -0.352 e. The number of rotatable bonds is 4. The van der Waals surface area contributed by atoms with Crippen molar-refractivity contribution in [1.29, 1.82) is 0 Å². The zero-order chi connectivity index (χ0) is 22.7. The number of halogens is 4. The van der Waals surface area contributed by atoms with Gasteiger partial charge in [-0.2, -0.15) is 13.2 Å². The Hall–Kier alpha value is -0.620. The number of hydrogen-bond donors (Lipinski definition) is 0. The fraction of sp³-hybridized carbons (Fsp3) is 0.923. The summed E-state index contributed by atoms with van der Waals surface area (Å²) in [5.74, 6) is 2.25. The number of hydrogen-bond acceptors (Lipinski definition) is 2. The van der Waals surface area contributed by atoms with E-state index >= 15 is 0 Å². The first kappa shape index (κ1) is 24.5. The van der Waals surface area contributed by atoms with Crippen molar-refractivity contribution in [1.82, 2.24) is 0 Å². The van der Waals surface area contributed by atoms with Crippen molar-refractivity contribution in [2.24, 2.45) is 41.4 Å². The first-order chi connectivity index (χ1) is 15.3. The average Bonchev–Trinajstić information content (AvgIpc) is 2.79. The first-order valence-electron chi connectivity index (χ1n) is 13.0. The molecule has 0 aromatic rings. The second-order valence-electron chi connectivity index (χ2n) is 11.2. The molecule has 0 spiro atoms. The minimum atomic E-state index is -4.56. The molecule has 1 heterocycles. The third-order valence-corrected chi connectivity index (χ3v) is 9.01. The third kappa shape index (κ3) is 6.49. The Morgan fingerprint density at radius 1 is 0.656 bits per heavy atom. The van der Waals surface area contributed by atoms with E-state index < -0.39 is 17.9 Å². The summed E-state index contributed by atoms with van der Waals surface area (Å²) in [6.45, 7) is 4.03. The summed E-state index contributed by atoms with van der Waals surface area (Å²) in [5, 5.41) is 0. The van der Waals surface area contributed by atoms with Gasteiger partial charge in [-0.15, -0.1) is 0 Å². The molecule has 4 aliphatic rings. The lowest BCUT2D eigenvalue weighted by molar-refractivity contribution is -0.237. The van der Waals surface area contributed by atoms with Crippen LogP contribution in [0.25, 0.3) is 0 Å². The van der Waals surface area contributed by atoms with Gasteiger partial charge in [-0.1, -0.05) is 19.8 Å². The molecule has 0 bridgehead atoms. The van der Waals surface area contributed by atoms with Crippen molar-refractivity contribution in [3.63, 3.8) is 0 Å². The normalized spacial score (nSPS) is 42.6. The summed E-state index contributed by atoms with van der Waals surface area (Å²) in [4.78, 5) is 0. The summed E-state index contributed by atoms with van der Waals surface area (Å²) in [6, 6.07) is 0. The Balaban J connectivity index is 1.16. The Bertz CT molecular complexity index is 602. The predicted molar refractivity (Wildman–Crippen MR) is 116 cm³/mol. The molecule has 3 aliphatic carbocycles. The van der Waals surface area contributed by atoms with Crippen LogP contribution in [0.3, 0.4) is 0 Å². The number of ether oxygens (including phenoxy) is 2. The van der Waals surface area contributed by atoms with Crippen LogP contribution in [0, 0.1) is 41.4 Å². The molecule has 6 heteroatoms. The summed E-state index contributed by atoms with van der Waals surface area (Å²) in [7, 11) is 0. The fourth-order valence-electron chi connectivity index (χ4n) is 6.86. The minimum absolute atomic E-state index is 0.0629. The Kier molecular flexibility index (Phi) is 8.23. The van der Waals surface area contributed by atoms with Crippen LogP contribution in [-0.2, 0) is 9.47 Å². The van der Waals surface area contributed by atoms with Crippen molar-refractivity contribution in [3.8, 4) is 0 Å². The van der Waals surface area contributed by atoms with Crippen LogP contribution in [0.15, 0.2) is 11.9 Å².